The number of benzene rings is 1. The summed E-state index contributed by atoms with van der Waals surface area (Å²) >= 11 is 0. The number of carbonyl (C=O) groups is 1. The first-order valence-electron chi connectivity index (χ1n) is 7.43. The standard InChI is InChI=1S/C15H21FN4O/c16-12-2-1-3-13(8-12)18-15(21)11-19-4-6-20(7-5-19)14-9-17-10-14/h1-3,8,14,17H,4-7,9-11H2,(H,18,21). The number of hydrogen-bond donors (Lipinski definition) is 2. The Morgan fingerprint density at radius 1 is 1.29 bits per heavy atom. The normalized spacial score (nSPS) is 21.0. The first kappa shape index (κ1) is 14.4. The van der Waals surface area contributed by atoms with Crippen LogP contribution in [0.15, 0.2) is 24.3 Å². The van der Waals surface area contributed by atoms with E-state index in [9.17, 15) is 9.18 Å². The third kappa shape index (κ3) is 3.78. The lowest BCUT2D eigenvalue weighted by atomic mass is 10.1. The van der Waals surface area contributed by atoms with Crippen LogP contribution >= 0.6 is 0 Å². The summed E-state index contributed by atoms with van der Waals surface area (Å²) in [5.41, 5.74) is 0.513. The second-order valence-electron chi connectivity index (χ2n) is 5.68. The SMILES string of the molecule is O=C(CN1CCN(C2CNC2)CC1)Nc1cccc(F)c1. The van der Waals surface area contributed by atoms with Gasteiger partial charge in [-0.3, -0.25) is 14.6 Å². The number of halogens is 1. The van der Waals surface area contributed by atoms with Crippen molar-refractivity contribution in [2.24, 2.45) is 0 Å². The van der Waals surface area contributed by atoms with Crippen LogP contribution in [0.5, 0.6) is 0 Å². The highest BCUT2D eigenvalue weighted by Crippen LogP contribution is 2.11. The van der Waals surface area contributed by atoms with Gasteiger partial charge in [0.2, 0.25) is 5.91 Å². The maximum Gasteiger partial charge on any atom is 0.238 e. The number of hydrogen-bond acceptors (Lipinski definition) is 4. The van der Waals surface area contributed by atoms with Gasteiger partial charge >= 0.3 is 0 Å². The molecule has 0 aliphatic carbocycles. The molecule has 6 heteroatoms. The highest BCUT2D eigenvalue weighted by Gasteiger charge is 2.28. The lowest BCUT2D eigenvalue weighted by Crippen LogP contribution is -2.61. The molecule has 2 heterocycles. The summed E-state index contributed by atoms with van der Waals surface area (Å²) in [4.78, 5) is 16.6. The van der Waals surface area contributed by atoms with Gasteiger partial charge in [-0.25, -0.2) is 4.39 Å². The molecule has 2 fully saturated rings. The van der Waals surface area contributed by atoms with Crippen molar-refractivity contribution >= 4 is 11.6 Å². The van der Waals surface area contributed by atoms with Crippen molar-refractivity contribution in [3.05, 3.63) is 30.1 Å². The molecule has 0 unspecified atom stereocenters. The molecule has 0 radical (unpaired) electrons. The van der Waals surface area contributed by atoms with Crippen molar-refractivity contribution in [2.75, 3.05) is 51.1 Å². The van der Waals surface area contributed by atoms with E-state index in [1.807, 2.05) is 0 Å². The van der Waals surface area contributed by atoms with E-state index in [1.165, 1.54) is 12.1 Å². The van der Waals surface area contributed by atoms with E-state index in [0.29, 0.717) is 18.3 Å². The molecule has 1 aromatic carbocycles. The van der Waals surface area contributed by atoms with E-state index in [2.05, 4.69) is 20.4 Å². The molecule has 2 aliphatic heterocycles. The number of anilines is 1. The molecule has 2 saturated heterocycles. The minimum absolute atomic E-state index is 0.0839. The Labute approximate surface area is 124 Å². The van der Waals surface area contributed by atoms with Gasteiger partial charge in [0.25, 0.3) is 0 Å². The third-order valence-electron chi connectivity index (χ3n) is 4.16. The quantitative estimate of drug-likeness (QED) is 0.841. The van der Waals surface area contributed by atoms with E-state index in [0.717, 1.165) is 39.3 Å². The summed E-state index contributed by atoms with van der Waals surface area (Å²) in [5, 5.41) is 6.03. The predicted molar refractivity (Wildman–Crippen MR) is 79.7 cm³/mol. The van der Waals surface area contributed by atoms with Crippen LogP contribution in [0.4, 0.5) is 10.1 Å². The van der Waals surface area contributed by atoms with E-state index in [1.54, 1.807) is 12.1 Å². The Balaban J connectivity index is 1.43. The van der Waals surface area contributed by atoms with Crippen LogP contribution in [0.2, 0.25) is 0 Å². The van der Waals surface area contributed by atoms with Crippen molar-refractivity contribution in [1.82, 2.24) is 15.1 Å². The zero-order chi connectivity index (χ0) is 14.7. The Kier molecular flexibility index (Phi) is 4.48. The highest BCUT2D eigenvalue weighted by atomic mass is 19.1. The fraction of sp³-hybridized carbons (Fsp3) is 0.533. The van der Waals surface area contributed by atoms with E-state index < -0.39 is 0 Å². The summed E-state index contributed by atoms with van der Waals surface area (Å²) in [6.45, 7) is 6.38. The average molecular weight is 292 g/mol. The second-order valence-corrected chi connectivity index (χ2v) is 5.68. The van der Waals surface area contributed by atoms with Crippen LogP contribution in [0.3, 0.4) is 0 Å². The van der Waals surface area contributed by atoms with Crippen LogP contribution < -0.4 is 10.6 Å². The van der Waals surface area contributed by atoms with Gasteiger partial charge in [0.15, 0.2) is 0 Å². The lowest BCUT2D eigenvalue weighted by Gasteiger charge is -2.43. The summed E-state index contributed by atoms with van der Waals surface area (Å²) in [6, 6.07) is 6.66. The molecule has 1 aromatic rings. The summed E-state index contributed by atoms with van der Waals surface area (Å²) < 4.78 is 13.1. The maximum atomic E-state index is 13.1. The van der Waals surface area contributed by atoms with Gasteiger partial charge in [-0.2, -0.15) is 0 Å². The second kappa shape index (κ2) is 6.51. The first-order valence-corrected chi connectivity index (χ1v) is 7.43. The van der Waals surface area contributed by atoms with Gasteiger partial charge in [-0.05, 0) is 18.2 Å². The molecule has 1 amide bonds. The summed E-state index contributed by atoms with van der Waals surface area (Å²) in [7, 11) is 0. The van der Waals surface area contributed by atoms with Gasteiger partial charge in [-0.1, -0.05) is 6.07 Å². The number of nitrogens with zero attached hydrogens (tertiary/aromatic N) is 2. The van der Waals surface area contributed by atoms with Crippen molar-refractivity contribution in [2.45, 2.75) is 6.04 Å². The largest absolute Gasteiger partial charge is 0.325 e. The molecule has 3 rings (SSSR count). The van der Waals surface area contributed by atoms with Gasteiger partial charge in [0.1, 0.15) is 5.82 Å². The predicted octanol–water partition coefficient (Wildman–Crippen LogP) is 0.354. The van der Waals surface area contributed by atoms with Crippen molar-refractivity contribution < 1.29 is 9.18 Å². The fourth-order valence-electron chi connectivity index (χ4n) is 2.79. The zero-order valence-corrected chi connectivity index (χ0v) is 12.0. The number of piperazine rings is 1. The topological polar surface area (TPSA) is 47.6 Å². The highest BCUT2D eigenvalue weighted by molar-refractivity contribution is 5.92. The van der Waals surface area contributed by atoms with E-state index in [-0.39, 0.29) is 11.7 Å². The van der Waals surface area contributed by atoms with E-state index in [4.69, 9.17) is 0 Å². The van der Waals surface area contributed by atoms with Crippen LogP contribution in [-0.4, -0.2) is 67.6 Å². The van der Waals surface area contributed by atoms with Crippen LogP contribution in [0, 0.1) is 5.82 Å². The molecule has 21 heavy (non-hydrogen) atoms. The molecule has 0 spiro atoms. The average Bonchev–Trinajstić information content (AvgIpc) is 2.39. The Hall–Kier alpha value is -1.50. The smallest absolute Gasteiger partial charge is 0.238 e. The fourth-order valence-corrected chi connectivity index (χ4v) is 2.79. The van der Waals surface area contributed by atoms with Crippen molar-refractivity contribution in [3.8, 4) is 0 Å². The molecule has 0 bridgehead atoms. The first-order chi connectivity index (χ1) is 10.2. The number of amides is 1. The molecular weight excluding hydrogens is 271 g/mol. The molecule has 2 aliphatic rings. The van der Waals surface area contributed by atoms with Crippen molar-refractivity contribution in [3.63, 3.8) is 0 Å². The Morgan fingerprint density at radius 2 is 2.05 bits per heavy atom. The molecule has 5 nitrogen and oxygen atoms in total. The summed E-state index contributed by atoms with van der Waals surface area (Å²) in [6.07, 6.45) is 0. The lowest BCUT2D eigenvalue weighted by molar-refractivity contribution is -0.117. The number of rotatable bonds is 4. The Bertz CT molecular complexity index is 498. The van der Waals surface area contributed by atoms with Crippen LogP contribution in [-0.2, 0) is 4.79 Å². The minimum atomic E-state index is -0.337. The van der Waals surface area contributed by atoms with Gasteiger partial charge in [0, 0.05) is 51.0 Å². The minimum Gasteiger partial charge on any atom is -0.325 e. The molecular formula is C15H21FN4O. The maximum absolute atomic E-state index is 13.1. The monoisotopic (exact) mass is 292 g/mol. The molecule has 0 aromatic heterocycles. The number of carbonyl (C=O) groups excluding carboxylic acids is 1. The van der Waals surface area contributed by atoms with Gasteiger partial charge in [-0.15, -0.1) is 0 Å². The van der Waals surface area contributed by atoms with Gasteiger partial charge in [0.05, 0.1) is 6.54 Å². The number of nitrogens with one attached hydrogen (secondary N) is 2. The molecule has 0 saturated carbocycles. The molecule has 0 atom stereocenters. The van der Waals surface area contributed by atoms with Crippen LogP contribution in [0.1, 0.15) is 0 Å². The van der Waals surface area contributed by atoms with Gasteiger partial charge < -0.3 is 10.6 Å². The summed E-state index contributed by atoms with van der Waals surface area (Å²) in [5.74, 6) is -0.421. The Morgan fingerprint density at radius 3 is 2.67 bits per heavy atom. The van der Waals surface area contributed by atoms with Crippen LogP contribution in [0.25, 0.3) is 0 Å². The molecule has 114 valence electrons. The van der Waals surface area contributed by atoms with Crippen molar-refractivity contribution in [1.29, 1.82) is 0 Å². The van der Waals surface area contributed by atoms with E-state index >= 15 is 0 Å². The molecule has 2 N–H and O–H groups in total. The zero-order valence-electron chi connectivity index (χ0n) is 12.0. The third-order valence-corrected chi connectivity index (χ3v) is 4.16.